The van der Waals surface area contributed by atoms with Gasteiger partial charge in [-0.15, -0.1) is 0 Å². The van der Waals surface area contributed by atoms with Crippen LogP contribution in [0.3, 0.4) is 0 Å². The summed E-state index contributed by atoms with van der Waals surface area (Å²) in [4.78, 5) is 4.00. The molecule has 1 saturated heterocycles. The summed E-state index contributed by atoms with van der Waals surface area (Å²) < 4.78 is 28.4. The van der Waals surface area contributed by atoms with Gasteiger partial charge in [0.2, 0.25) is 0 Å². The van der Waals surface area contributed by atoms with E-state index >= 15 is 0 Å². The van der Waals surface area contributed by atoms with Crippen molar-refractivity contribution in [3.05, 3.63) is 12.5 Å². The van der Waals surface area contributed by atoms with Gasteiger partial charge >= 0.3 is 0 Å². The first-order chi connectivity index (χ1) is 9.09. The van der Waals surface area contributed by atoms with E-state index in [0.29, 0.717) is 19.5 Å². The van der Waals surface area contributed by atoms with Crippen molar-refractivity contribution in [3.8, 4) is 0 Å². The van der Waals surface area contributed by atoms with Gasteiger partial charge in [0.05, 0.1) is 6.33 Å². The number of nitrogens with zero attached hydrogens (tertiary/aromatic N) is 3. The lowest BCUT2D eigenvalue weighted by molar-refractivity contribution is 0.192. The normalized spacial score (nSPS) is 21.7. The number of piperidine rings is 1. The molecule has 1 aliphatic heterocycles. The third-order valence-electron chi connectivity index (χ3n) is 3.58. The minimum atomic E-state index is -3.53. The molecule has 6 nitrogen and oxygen atoms in total. The lowest BCUT2D eigenvalue weighted by atomic mass is 10.0. The maximum absolute atomic E-state index is 12.6. The fourth-order valence-electron chi connectivity index (χ4n) is 2.49. The Bertz CT molecular complexity index is 510. The standard InChI is InChI=1S/C12H21N3O3S/c1-2-14-9-12(13-10-14)19(17,18)15-7-4-3-5-11(15)6-8-16/h9-11,16H,2-8H2,1H3. The highest BCUT2D eigenvalue weighted by atomic mass is 32.2. The van der Waals surface area contributed by atoms with Crippen LogP contribution in [0, 0.1) is 0 Å². The topological polar surface area (TPSA) is 75.4 Å². The van der Waals surface area contributed by atoms with E-state index in [4.69, 9.17) is 5.11 Å². The van der Waals surface area contributed by atoms with E-state index in [1.165, 1.54) is 10.6 Å². The molecule has 1 N–H and O–H groups in total. The van der Waals surface area contributed by atoms with Crippen molar-refractivity contribution in [1.82, 2.24) is 13.9 Å². The zero-order valence-corrected chi connectivity index (χ0v) is 12.0. The van der Waals surface area contributed by atoms with Crippen molar-refractivity contribution in [2.24, 2.45) is 0 Å². The van der Waals surface area contributed by atoms with Crippen molar-refractivity contribution in [2.45, 2.75) is 50.2 Å². The number of sulfonamides is 1. The molecule has 2 heterocycles. The molecule has 0 spiro atoms. The number of imidazole rings is 1. The lowest BCUT2D eigenvalue weighted by Gasteiger charge is -2.33. The Kier molecular flexibility index (Phi) is 4.59. The molecule has 108 valence electrons. The van der Waals surface area contributed by atoms with Crippen molar-refractivity contribution in [3.63, 3.8) is 0 Å². The summed E-state index contributed by atoms with van der Waals surface area (Å²) in [7, 11) is -3.53. The molecule has 2 rings (SSSR count). The maximum Gasteiger partial charge on any atom is 0.262 e. The molecule has 7 heteroatoms. The summed E-state index contributed by atoms with van der Waals surface area (Å²) in [5.74, 6) is 0. The molecule has 0 bridgehead atoms. The Balaban J connectivity index is 2.25. The van der Waals surface area contributed by atoms with Crippen LogP contribution in [0.2, 0.25) is 0 Å². The van der Waals surface area contributed by atoms with E-state index in [9.17, 15) is 8.42 Å². The quantitative estimate of drug-likeness (QED) is 0.870. The molecular weight excluding hydrogens is 266 g/mol. The Hall–Kier alpha value is -0.920. The van der Waals surface area contributed by atoms with Gasteiger partial charge in [-0.3, -0.25) is 0 Å². The van der Waals surface area contributed by atoms with E-state index in [1.54, 1.807) is 10.8 Å². The molecule has 0 aliphatic carbocycles. The van der Waals surface area contributed by atoms with Crippen molar-refractivity contribution >= 4 is 10.0 Å². The largest absolute Gasteiger partial charge is 0.396 e. The van der Waals surface area contributed by atoms with Crippen molar-refractivity contribution in [2.75, 3.05) is 13.2 Å². The number of rotatable bonds is 5. The molecule has 1 aromatic heterocycles. The van der Waals surface area contributed by atoms with Crippen LogP contribution in [0.15, 0.2) is 17.6 Å². The Morgan fingerprint density at radius 1 is 1.47 bits per heavy atom. The van der Waals surface area contributed by atoms with Crippen molar-refractivity contribution in [1.29, 1.82) is 0 Å². The van der Waals surface area contributed by atoms with Crippen LogP contribution in [-0.4, -0.2) is 46.6 Å². The maximum atomic E-state index is 12.6. The Labute approximate surface area is 114 Å². The molecule has 1 aromatic rings. The van der Waals surface area contributed by atoms with Crippen LogP contribution in [0.5, 0.6) is 0 Å². The molecule has 0 radical (unpaired) electrons. The molecule has 1 aliphatic rings. The summed E-state index contributed by atoms with van der Waals surface area (Å²) >= 11 is 0. The van der Waals surface area contributed by atoms with E-state index in [-0.39, 0.29) is 17.7 Å². The lowest BCUT2D eigenvalue weighted by Crippen LogP contribution is -2.44. The summed E-state index contributed by atoms with van der Waals surface area (Å²) in [6.07, 6.45) is 6.30. The fourth-order valence-corrected chi connectivity index (χ4v) is 4.16. The van der Waals surface area contributed by atoms with Gasteiger partial charge < -0.3 is 9.67 Å². The molecule has 1 fully saturated rings. The van der Waals surface area contributed by atoms with Crippen LogP contribution in [0.4, 0.5) is 0 Å². The summed E-state index contributed by atoms with van der Waals surface area (Å²) in [5.41, 5.74) is 0. The monoisotopic (exact) mass is 287 g/mol. The molecular formula is C12H21N3O3S. The predicted molar refractivity (Wildman–Crippen MR) is 71.1 cm³/mol. The number of aromatic nitrogens is 2. The molecule has 0 aromatic carbocycles. The number of hydrogen-bond donors (Lipinski definition) is 1. The number of hydrogen-bond acceptors (Lipinski definition) is 4. The first kappa shape index (κ1) is 14.5. The minimum Gasteiger partial charge on any atom is -0.396 e. The average Bonchev–Trinajstić information content (AvgIpc) is 2.89. The van der Waals surface area contributed by atoms with E-state index < -0.39 is 10.0 Å². The van der Waals surface area contributed by atoms with Gasteiger partial charge in [0.15, 0.2) is 5.03 Å². The number of aliphatic hydroxyl groups excluding tert-OH is 1. The molecule has 1 unspecified atom stereocenters. The molecule has 0 saturated carbocycles. The highest BCUT2D eigenvalue weighted by Crippen LogP contribution is 2.26. The second-order valence-electron chi connectivity index (χ2n) is 4.82. The zero-order valence-electron chi connectivity index (χ0n) is 11.2. The molecule has 19 heavy (non-hydrogen) atoms. The van der Waals surface area contributed by atoms with Gasteiger partial charge in [-0.05, 0) is 26.2 Å². The fraction of sp³-hybridized carbons (Fsp3) is 0.750. The van der Waals surface area contributed by atoms with Crippen LogP contribution in [0.1, 0.15) is 32.6 Å². The van der Waals surface area contributed by atoms with Crippen molar-refractivity contribution < 1.29 is 13.5 Å². The summed E-state index contributed by atoms with van der Waals surface area (Å²) in [6.45, 7) is 3.17. The second-order valence-corrected chi connectivity index (χ2v) is 6.66. The highest BCUT2D eigenvalue weighted by molar-refractivity contribution is 7.89. The zero-order chi connectivity index (χ0) is 13.9. The third-order valence-corrected chi connectivity index (χ3v) is 5.42. The first-order valence-corrected chi connectivity index (χ1v) is 8.18. The smallest absolute Gasteiger partial charge is 0.262 e. The minimum absolute atomic E-state index is 0.0140. The third kappa shape index (κ3) is 2.98. The van der Waals surface area contributed by atoms with Crippen LogP contribution >= 0.6 is 0 Å². The predicted octanol–water partition coefficient (Wildman–Crippen LogP) is 0.829. The summed E-state index contributed by atoms with van der Waals surface area (Å²) in [5, 5.41) is 9.18. The van der Waals surface area contributed by atoms with Crippen LogP contribution < -0.4 is 0 Å². The van der Waals surface area contributed by atoms with Gasteiger partial charge in [-0.2, -0.15) is 4.31 Å². The molecule has 0 amide bonds. The van der Waals surface area contributed by atoms with Gasteiger partial charge in [-0.1, -0.05) is 6.42 Å². The van der Waals surface area contributed by atoms with E-state index in [2.05, 4.69) is 4.98 Å². The van der Waals surface area contributed by atoms with Gasteiger partial charge in [-0.25, -0.2) is 13.4 Å². The Morgan fingerprint density at radius 2 is 2.26 bits per heavy atom. The van der Waals surface area contributed by atoms with Crippen LogP contribution in [0.25, 0.3) is 0 Å². The van der Waals surface area contributed by atoms with E-state index in [1.807, 2.05) is 6.92 Å². The second kappa shape index (κ2) is 6.02. The van der Waals surface area contributed by atoms with Gasteiger partial charge in [0.25, 0.3) is 10.0 Å². The highest BCUT2D eigenvalue weighted by Gasteiger charge is 2.34. The van der Waals surface area contributed by atoms with Gasteiger partial charge in [0, 0.05) is 31.9 Å². The van der Waals surface area contributed by atoms with Crippen LogP contribution in [-0.2, 0) is 16.6 Å². The summed E-state index contributed by atoms with van der Waals surface area (Å²) in [6, 6.07) is -0.101. The average molecular weight is 287 g/mol. The number of aryl methyl sites for hydroxylation is 1. The van der Waals surface area contributed by atoms with E-state index in [0.717, 1.165) is 19.3 Å². The first-order valence-electron chi connectivity index (χ1n) is 6.74. The van der Waals surface area contributed by atoms with Gasteiger partial charge in [0.1, 0.15) is 0 Å². The molecule has 1 atom stereocenters. The Morgan fingerprint density at radius 3 is 2.89 bits per heavy atom. The SMILES string of the molecule is CCn1cnc(S(=O)(=O)N2CCCCC2CCO)c1. The number of aliphatic hydroxyl groups is 1.